The lowest BCUT2D eigenvalue weighted by Gasteiger charge is -2.23. The van der Waals surface area contributed by atoms with Crippen molar-refractivity contribution >= 4 is 41.7 Å². The fourth-order valence-electron chi connectivity index (χ4n) is 4.37. The number of hydrogen-bond acceptors (Lipinski definition) is 17. The van der Waals surface area contributed by atoms with Crippen molar-refractivity contribution in [2.45, 2.75) is 24.4 Å². The van der Waals surface area contributed by atoms with Gasteiger partial charge in [0.05, 0.1) is 38.5 Å². The summed E-state index contributed by atoms with van der Waals surface area (Å²) in [5, 5.41) is 78.0. The summed E-state index contributed by atoms with van der Waals surface area (Å²) >= 11 is 0. The van der Waals surface area contributed by atoms with Gasteiger partial charge in [-0.05, 0) is 0 Å². The second-order valence-corrected chi connectivity index (χ2v) is 11.2. The summed E-state index contributed by atoms with van der Waals surface area (Å²) in [4.78, 5) is 84.7. The van der Waals surface area contributed by atoms with Crippen LogP contribution in [0.25, 0.3) is 0 Å². The van der Waals surface area contributed by atoms with Crippen molar-refractivity contribution in [3.8, 4) is 0 Å². The van der Waals surface area contributed by atoms with Gasteiger partial charge in [-0.3, -0.25) is 38.6 Å². The Labute approximate surface area is 278 Å². The highest BCUT2D eigenvalue weighted by Gasteiger charge is 2.43. The smallest absolute Gasteiger partial charge is 0.317 e. The van der Waals surface area contributed by atoms with E-state index in [0.717, 1.165) is 49.1 Å². The number of carbonyl (C=O) groups is 7. The van der Waals surface area contributed by atoms with Gasteiger partial charge < -0.3 is 65.5 Å². The molecule has 3 heterocycles. The van der Waals surface area contributed by atoms with Gasteiger partial charge in [-0.2, -0.15) is 0 Å². The molecule has 3 aliphatic heterocycles. The second-order valence-electron chi connectivity index (χ2n) is 11.2. The molecule has 3 fully saturated rings. The van der Waals surface area contributed by atoms with Gasteiger partial charge in [-0.1, -0.05) is 0 Å². The molecule has 0 aromatic rings. The maximum atomic E-state index is 12.4. The maximum Gasteiger partial charge on any atom is 0.317 e. The third kappa shape index (κ3) is 13.9. The van der Waals surface area contributed by atoms with E-state index in [9.17, 15) is 33.6 Å². The predicted molar refractivity (Wildman–Crippen MR) is 160 cm³/mol. The van der Waals surface area contributed by atoms with Crippen molar-refractivity contribution < 1.29 is 79.5 Å². The van der Waals surface area contributed by atoms with Crippen molar-refractivity contribution in [3.63, 3.8) is 0 Å². The first-order chi connectivity index (χ1) is 23.0. The standard InChI is InChI=1S/C12H13N3O2.C10H16N2O8.C6H12O6/c16-9-7-8(13-1-2-13)12(17)11(15-5-6-15)10(9)14-3-4-14;13-7(14)3-11(4-8(15)16)1-2-12(5-9(17)18)6-10(19)20;7-1-3(9)5(11)6(12)4(10)2-8/h7H,1-6H2;1-6H2,(H,13,14)(H,15,16)(H,17,18)(H,19,20);1,3-6,8-12H,2H2/t;;3-,4+,5+,6+/m..0/s1. The molecule has 0 unspecified atom stereocenters. The van der Waals surface area contributed by atoms with Crippen LogP contribution in [-0.2, 0) is 33.6 Å². The number of carbonyl (C=O) groups excluding carboxylic acids is 3. The van der Waals surface area contributed by atoms with Crippen LogP contribution >= 0.6 is 0 Å². The molecule has 0 radical (unpaired) electrons. The number of aliphatic carboxylic acids is 4. The van der Waals surface area contributed by atoms with Crippen LogP contribution in [0.3, 0.4) is 0 Å². The molecule has 4 atom stereocenters. The molecule has 0 bridgehead atoms. The van der Waals surface area contributed by atoms with Gasteiger partial charge in [0.25, 0.3) is 0 Å². The Hall–Kier alpha value is -4.51. The van der Waals surface area contributed by atoms with Gasteiger partial charge in [-0.15, -0.1) is 0 Å². The molecular weight excluding hydrogens is 662 g/mol. The minimum Gasteiger partial charge on any atom is -0.480 e. The fraction of sp³-hybridized carbons (Fsp3) is 0.607. The zero-order valence-corrected chi connectivity index (χ0v) is 26.3. The van der Waals surface area contributed by atoms with E-state index in [1.807, 2.05) is 14.7 Å². The molecule has 0 saturated carbocycles. The highest BCUT2D eigenvalue weighted by atomic mass is 16.4. The van der Waals surface area contributed by atoms with E-state index in [2.05, 4.69) is 0 Å². The van der Waals surface area contributed by atoms with Gasteiger partial charge in [0, 0.05) is 58.4 Å². The Morgan fingerprint density at radius 2 is 1.06 bits per heavy atom. The molecule has 9 N–H and O–H groups in total. The minimum atomic E-state index is -1.79. The number of Topliss-reactive ketones (excluding diaryl/α,β-unsaturated/α-hetero) is 1. The Morgan fingerprint density at radius 1 is 0.673 bits per heavy atom. The molecular formula is C28H41N5O16. The van der Waals surface area contributed by atoms with Crippen molar-refractivity contribution in [1.82, 2.24) is 24.5 Å². The quantitative estimate of drug-likeness (QED) is 0.0343. The SMILES string of the molecule is O=C(O)CN(CCN(CC(=O)O)CC(=O)O)CC(=O)O.O=C1C=C(N2CC2)C(=O)C(N2CC2)=C1N1CC1.O=C[C@H](O)[C@@H](O)[C@H](O)[C@H](O)CO. The van der Waals surface area contributed by atoms with Gasteiger partial charge in [-0.25, -0.2) is 0 Å². The summed E-state index contributed by atoms with van der Waals surface area (Å²) in [7, 11) is 0. The first-order valence-corrected chi connectivity index (χ1v) is 14.9. The molecule has 0 amide bonds. The lowest BCUT2D eigenvalue weighted by Crippen LogP contribution is -2.46. The number of allylic oxidation sites excluding steroid dienone is 1. The zero-order chi connectivity index (χ0) is 37.0. The number of aliphatic hydroxyl groups excluding tert-OH is 5. The van der Waals surface area contributed by atoms with Crippen LogP contribution in [0.5, 0.6) is 0 Å². The first kappa shape index (κ1) is 40.7. The summed E-state index contributed by atoms with van der Waals surface area (Å²) in [6.07, 6.45) is -5.32. The van der Waals surface area contributed by atoms with Crippen molar-refractivity contribution in [2.24, 2.45) is 0 Å². The van der Waals surface area contributed by atoms with E-state index in [4.69, 9.17) is 46.0 Å². The normalized spacial score (nSPS) is 18.8. The van der Waals surface area contributed by atoms with E-state index < -0.39 is 81.1 Å². The molecule has 21 heteroatoms. The highest BCUT2D eigenvalue weighted by Crippen LogP contribution is 2.33. The number of ketones is 2. The highest BCUT2D eigenvalue weighted by molar-refractivity contribution is 6.22. The van der Waals surface area contributed by atoms with Crippen molar-refractivity contribution in [3.05, 3.63) is 23.2 Å². The molecule has 4 rings (SSSR count). The molecule has 0 aromatic heterocycles. The Balaban J connectivity index is 0.000000263. The number of aldehydes is 1. The number of nitrogens with zero attached hydrogens (tertiary/aromatic N) is 5. The molecule has 49 heavy (non-hydrogen) atoms. The van der Waals surface area contributed by atoms with Crippen LogP contribution in [0, 0.1) is 0 Å². The third-order valence-corrected chi connectivity index (χ3v) is 7.08. The van der Waals surface area contributed by atoms with E-state index >= 15 is 0 Å². The van der Waals surface area contributed by atoms with Crippen LogP contribution in [0.2, 0.25) is 0 Å². The minimum absolute atomic E-state index is 0.00546. The van der Waals surface area contributed by atoms with E-state index in [0.29, 0.717) is 17.1 Å². The van der Waals surface area contributed by atoms with Gasteiger partial charge in [0.15, 0.2) is 6.29 Å². The summed E-state index contributed by atoms with van der Waals surface area (Å²) in [5.41, 5.74) is 1.89. The van der Waals surface area contributed by atoms with Crippen molar-refractivity contribution in [1.29, 1.82) is 0 Å². The van der Waals surface area contributed by atoms with Crippen LogP contribution in [0.1, 0.15) is 0 Å². The topological polar surface area (TPSA) is 317 Å². The lowest BCUT2D eigenvalue weighted by molar-refractivity contribution is -0.145. The second kappa shape index (κ2) is 18.9. The maximum absolute atomic E-state index is 12.4. The molecule has 21 nitrogen and oxygen atoms in total. The number of rotatable bonds is 19. The fourth-order valence-corrected chi connectivity index (χ4v) is 4.37. The Bertz CT molecular complexity index is 1240. The van der Waals surface area contributed by atoms with Crippen LogP contribution in [0.4, 0.5) is 0 Å². The molecule has 0 spiro atoms. The number of aliphatic hydroxyl groups is 5. The van der Waals surface area contributed by atoms with E-state index in [1.54, 1.807) is 0 Å². The summed E-state index contributed by atoms with van der Waals surface area (Å²) in [5.74, 6) is -4.86. The average Bonchev–Trinajstić information content (AvgIpc) is 3.86. The molecule has 0 aromatic carbocycles. The molecule has 274 valence electrons. The number of carboxylic acid groups (broad SMARTS) is 4. The van der Waals surface area contributed by atoms with Gasteiger partial charge in [0.2, 0.25) is 11.6 Å². The monoisotopic (exact) mass is 703 g/mol. The molecule has 4 aliphatic rings. The van der Waals surface area contributed by atoms with Crippen LogP contribution in [0.15, 0.2) is 23.2 Å². The Kier molecular flexibility index (Phi) is 15.7. The lowest BCUT2D eigenvalue weighted by atomic mass is 10.0. The van der Waals surface area contributed by atoms with E-state index in [-0.39, 0.29) is 30.9 Å². The average molecular weight is 704 g/mol. The first-order valence-electron chi connectivity index (χ1n) is 14.9. The summed E-state index contributed by atoms with van der Waals surface area (Å²) < 4.78 is 0. The number of hydrogen-bond donors (Lipinski definition) is 9. The van der Waals surface area contributed by atoms with Gasteiger partial charge >= 0.3 is 23.9 Å². The predicted octanol–water partition coefficient (Wildman–Crippen LogP) is -6.27. The van der Waals surface area contributed by atoms with E-state index in [1.165, 1.54) is 6.08 Å². The zero-order valence-electron chi connectivity index (χ0n) is 26.3. The van der Waals surface area contributed by atoms with Crippen LogP contribution in [-0.4, -0.2) is 222 Å². The van der Waals surface area contributed by atoms with Crippen LogP contribution < -0.4 is 0 Å². The third-order valence-electron chi connectivity index (χ3n) is 7.08. The largest absolute Gasteiger partial charge is 0.480 e. The molecule has 1 aliphatic carbocycles. The van der Waals surface area contributed by atoms with Crippen molar-refractivity contribution in [2.75, 3.05) is 85.1 Å². The summed E-state index contributed by atoms with van der Waals surface area (Å²) in [6, 6.07) is 0. The Morgan fingerprint density at radius 3 is 1.39 bits per heavy atom. The van der Waals surface area contributed by atoms with Gasteiger partial charge in [0.1, 0.15) is 35.8 Å². The summed E-state index contributed by atoms with van der Waals surface area (Å²) in [6.45, 7) is 2.40. The number of carboxylic acids is 4. The molecule has 3 saturated heterocycles.